The van der Waals surface area contributed by atoms with E-state index in [0.717, 1.165) is 12.3 Å². The van der Waals surface area contributed by atoms with Crippen LogP contribution in [0, 0.1) is 5.92 Å². The molecule has 0 aliphatic carbocycles. The van der Waals surface area contributed by atoms with Crippen LogP contribution >= 0.6 is 0 Å². The van der Waals surface area contributed by atoms with Gasteiger partial charge >= 0.3 is 0 Å². The highest BCUT2D eigenvalue weighted by Crippen LogP contribution is 2.31. The van der Waals surface area contributed by atoms with Crippen molar-refractivity contribution in [1.82, 2.24) is 0 Å². The van der Waals surface area contributed by atoms with Gasteiger partial charge in [0.05, 0.1) is 0 Å². The van der Waals surface area contributed by atoms with Crippen LogP contribution in [0.1, 0.15) is 44.7 Å². The first-order valence-corrected chi connectivity index (χ1v) is 6.85. The van der Waals surface area contributed by atoms with Crippen LogP contribution in [0.2, 0.25) is 0 Å². The predicted molar refractivity (Wildman–Crippen MR) is 74.3 cm³/mol. The Kier molecular flexibility index (Phi) is 4.06. The van der Waals surface area contributed by atoms with Crippen LogP contribution in [0.3, 0.4) is 0 Å². The maximum absolute atomic E-state index is 6.20. The summed E-state index contributed by atoms with van der Waals surface area (Å²) in [5.41, 5.74) is 8.87. The highest BCUT2D eigenvalue weighted by atomic mass is 15.2. The number of benzene rings is 1. The molecular weight excluding hydrogens is 208 g/mol. The summed E-state index contributed by atoms with van der Waals surface area (Å²) in [4.78, 5) is 2.51. The standard InChI is InChI=1S/C15H24N2/c1-3-12-9-10-17(11-12)15-8-6-5-7-13(15)14(16)4-2/h5-8,12,14H,3-4,9-11,16H2,1-2H3. The summed E-state index contributed by atoms with van der Waals surface area (Å²) in [6, 6.07) is 8.81. The van der Waals surface area contributed by atoms with E-state index in [2.05, 4.69) is 43.0 Å². The molecular formula is C15H24N2. The van der Waals surface area contributed by atoms with Gasteiger partial charge in [0.15, 0.2) is 0 Å². The molecule has 0 aromatic heterocycles. The van der Waals surface area contributed by atoms with E-state index in [-0.39, 0.29) is 6.04 Å². The molecule has 1 aromatic carbocycles. The highest BCUT2D eigenvalue weighted by Gasteiger charge is 2.23. The average Bonchev–Trinajstić information content (AvgIpc) is 2.86. The van der Waals surface area contributed by atoms with Crippen LogP contribution in [0.15, 0.2) is 24.3 Å². The molecule has 2 atom stereocenters. The van der Waals surface area contributed by atoms with Gasteiger partial charge in [0.25, 0.3) is 0 Å². The summed E-state index contributed by atoms with van der Waals surface area (Å²) in [7, 11) is 0. The molecule has 1 heterocycles. The number of anilines is 1. The third kappa shape index (κ3) is 2.63. The molecule has 1 saturated heterocycles. The molecule has 1 aliphatic rings. The van der Waals surface area contributed by atoms with E-state index >= 15 is 0 Å². The number of para-hydroxylation sites is 1. The van der Waals surface area contributed by atoms with E-state index in [9.17, 15) is 0 Å². The van der Waals surface area contributed by atoms with Crippen molar-refractivity contribution < 1.29 is 0 Å². The van der Waals surface area contributed by atoms with E-state index in [4.69, 9.17) is 5.73 Å². The lowest BCUT2D eigenvalue weighted by atomic mass is 10.0. The van der Waals surface area contributed by atoms with Crippen molar-refractivity contribution in [3.05, 3.63) is 29.8 Å². The van der Waals surface area contributed by atoms with E-state index < -0.39 is 0 Å². The normalized spacial score (nSPS) is 21.8. The highest BCUT2D eigenvalue weighted by molar-refractivity contribution is 5.55. The summed E-state index contributed by atoms with van der Waals surface area (Å²) < 4.78 is 0. The summed E-state index contributed by atoms with van der Waals surface area (Å²) in [6.07, 6.45) is 3.62. The lowest BCUT2D eigenvalue weighted by Gasteiger charge is -2.24. The Morgan fingerprint density at radius 2 is 2.12 bits per heavy atom. The van der Waals surface area contributed by atoms with Crippen molar-refractivity contribution in [2.45, 2.75) is 39.2 Å². The summed E-state index contributed by atoms with van der Waals surface area (Å²) in [5.74, 6) is 0.862. The lowest BCUT2D eigenvalue weighted by molar-refractivity contribution is 0.568. The molecule has 2 nitrogen and oxygen atoms in total. The monoisotopic (exact) mass is 232 g/mol. The lowest BCUT2D eigenvalue weighted by Crippen LogP contribution is -2.23. The van der Waals surface area contributed by atoms with Crippen molar-refractivity contribution in [1.29, 1.82) is 0 Å². The predicted octanol–water partition coefficient (Wildman–Crippen LogP) is 3.33. The van der Waals surface area contributed by atoms with Gasteiger partial charge in [0.2, 0.25) is 0 Å². The molecule has 1 fully saturated rings. The Hall–Kier alpha value is -1.02. The molecule has 2 N–H and O–H groups in total. The smallest absolute Gasteiger partial charge is 0.0414 e. The van der Waals surface area contributed by atoms with Gasteiger partial charge in [-0.15, -0.1) is 0 Å². The Morgan fingerprint density at radius 1 is 1.35 bits per heavy atom. The van der Waals surface area contributed by atoms with Gasteiger partial charge in [-0.2, -0.15) is 0 Å². The zero-order valence-corrected chi connectivity index (χ0v) is 11.0. The molecule has 94 valence electrons. The Balaban J connectivity index is 2.20. The molecule has 0 saturated carbocycles. The SMILES string of the molecule is CCC1CCN(c2ccccc2C(N)CC)C1. The molecule has 17 heavy (non-hydrogen) atoms. The third-order valence-electron chi connectivity index (χ3n) is 3.98. The second kappa shape index (κ2) is 5.54. The molecule has 1 aliphatic heterocycles. The Bertz CT molecular complexity index is 362. The van der Waals surface area contributed by atoms with Gasteiger partial charge in [-0.05, 0) is 30.4 Å². The van der Waals surface area contributed by atoms with Gasteiger partial charge in [0, 0.05) is 24.8 Å². The first kappa shape index (κ1) is 12.4. The molecule has 1 aromatic rings. The maximum atomic E-state index is 6.20. The van der Waals surface area contributed by atoms with Gasteiger partial charge in [-0.25, -0.2) is 0 Å². The van der Waals surface area contributed by atoms with Gasteiger partial charge in [-0.1, -0.05) is 38.5 Å². The van der Waals surface area contributed by atoms with E-state index in [1.165, 1.54) is 37.2 Å². The van der Waals surface area contributed by atoms with Crippen molar-refractivity contribution in [2.24, 2.45) is 11.7 Å². The van der Waals surface area contributed by atoms with Crippen molar-refractivity contribution in [3.63, 3.8) is 0 Å². The number of hydrogen-bond donors (Lipinski definition) is 1. The second-order valence-electron chi connectivity index (χ2n) is 5.08. The fraction of sp³-hybridized carbons (Fsp3) is 0.600. The van der Waals surface area contributed by atoms with Crippen LogP contribution in [-0.4, -0.2) is 13.1 Å². The Morgan fingerprint density at radius 3 is 2.76 bits per heavy atom. The maximum Gasteiger partial charge on any atom is 0.0414 e. The average molecular weight is 232 g/mol. The molecule has 0 amide bonds. The largest absolute Gasteiger partial charge is 0.371 e. The van der Waals surface area contributed by atoms with Crippen molar-refractivity contribution >= 4 is 5.69 Å². The van der Waals surface area contributed by atoms with Crippen LogP contribution in [0.25, 0.3) is 0 Å². The second-order valence-corrected chi connectivity index (χ2v) is 5.08. The summed E-state index contributed by atoms with van der Waals surface area (Å²) in [6.45, 7) is 6.83. The minimum atomic E-state index is 0.173. The molecule has 2 heteroatoms. The summed E-state index contributed by atoms with van der Waals surface area (Å²) in [5, 5.41) is 0. The number of nitrogens with zero attached hydrogens (tertiary/aromatic N) is 1. The molecule has 0 radical (unpaired) electrons. The van der Waals surface area contributed by atoms with E-state index in [0.29, 0.717) is 0 Å². The molecule has 2 unspecified atom stereocenters. The van der Waals surface area contributed by atoms with Crippen molar-refractivity contribution in [2.75, 3.05) is 18.0 Å². The van der Waals surface area contributed by atoms with Crippen LogP contribution < -0.4 is 10.6 Å². The van der Waals surface area contributed by atoms with Crippen molar-refractivity contribution in [3.8, 4) is 0 Å². The number of nitrogens with two attached hydrogens (primary N) is 1. The minimum Gasteiger partial charge on any atom is -0.371 e. The van der Waals surface area contributed by atoms with E-state index in [1.807, 2.05) is 0 Å². The minimum absolute atomic E-state index is 0.173. The van der Waals surface area contributed by atoms with Crippen LogP contribution in [-0.2, 0) is 0 Å². The molecule has 2 rings (SSSR count). The zero-order valence-electron chi connectivity index (χ0n) is 11.0. The Labute approximate surface area is 105 Å². The van der Waals surface area contributed by atoms with Gasteiger partial charge in [0.1, 0.15) is 0 Å². The van der Waals surface area contributed by atoms with Crippen LogP contribution in [0.5, 0.6) is 0 Å². The van der Waals surface area contributed by atoms with Gasteiger partial charge < -0.3 is 10.6 Å². The summed E-state index contributed by atoms with van der Waals surface area (Å²) >= 11 is 0. The fourth-order valence-electron chi connectivity index (χ4n) is 2.69. The van der Waals surface area contributed by atoms with Gasteiger partial charge in [-0.3, -0.25) is 0 Å². The van der Waals surface area contributed by atoms with Crippen LogP contribution in [0.4, 0.5) is 5.69 Å². The fourth-order valence-corrected chi connectivity index (χ4v) is 2.69. The topological polar surface area (TPSA) is 29.3 Å². The number of hydrogen-bond acceptors (Lipinski definition) is 2. The quantitative estimate of drug-likeness (QED) is 0.862. The molecule has 0 bridgehead atoms. The first-order valence-electron chi connectivity index (χ1n) is 6.85. The number of rotatable bonds is 4. The third-order valence-corrected chi connectivity index (χ3v) is 3.98. The first-order chi connectivity index (χ1) is 8.26. The zero-order chi connectivity index (χ0) is 12.3. The molecule has 0 spiro atoms. The van der Waals surface area contributed by atoms with E-state index in [1.54, 1.807) is 0 Å².